The highest BCUT2D eigenvalue weighted by molar-refractivity contribution is 5.82. The second kappa shape index (κ2) is 3.70. The van der Waals surface area contributed by atoms with Gasteiger partial charge in [-0.05, 0) is 25.2 Å². The zero-order chi connectivity index (χ0) is 8.27. The van der Waals surface area contributed by atoms with Gasteiger partial charge >= 0.3 is 0 Å². The van der Waals surface area contributed by atoms with Crippen LogP contribution < -0.4 is 0 Å². The van der Waals surface area contributed by atoms with E-state index >= 15 is 0 Å². The van der Waals surface area contributed by atoms with E-state index in [-0.39, 0.29) is 5.92 Å². The van der Waals surface area contributed by atoms with Gasteiger partial charge in [-0.1, -0.05) is 13.0 Å². The molecule has 0 amide bonds. The molecule has 1 aliphatic carbocycles. The van der Waals surface area contributed by atoms with Crippen LogP contribution in [0.3, 0.4) is 0 Å². The molecule has 0 saturated heterocycles. The summed E-state index contributed by atoms with van der Waals surface area (Å²) in [5.74, 6) is 1.30. The summed E-state index contributed by atoms with van der Waals surface area (Å²) in [6.07, 6.45) is 5.84. The van der Waals surface area contributed by atoms with E-state index in [2.05, 4.69) is 13.5 Å². The van der Waals surface area contributed by atoms with Crippen LogP contribution in [0.1, 0.15) is 32.6 Å². The van der Waals surface area contributed by atoms with Crippen molar-refractivity contribution in [2.75, 3.05) is 0 Å². The highest BCUT2D eigenvalue weighted by atomic mass is 16.1. The first-order valence-corrected chi connectivity index (χ1v) is 4.39. The van der Waals surface area contributed by atoms with E-state index in [1.807, 2.05) is 6.08 Å². The van der Waals surface area contributed by atoms with Gasteiger partial charge in [-0.2, -0.15) is 0 Å². The zero-order valence-electron chi connectivity index (χ0n) is 7.18. The fourth-order valence-electron chi connectivity index (χ4n) is 1.85. The van der Waals surface area contributed by atoms with Crippen LogP contribution in [0.4, 0.5) is 0 Å². The lowest BCUT2D eigenvalue weighted by atomic mass is 9.78. The molecule has 1 fully saturated rings. The molecule has 11 heavy (non-hydrogen) atoms. The maximum Gasteiger partial charge on any atom is 0.136 e. The van der Waals surface area contributed by atoms with Crippen molar-refractivity contribution in [3.05, 3.63) is 12.7 Å². The predicted octanol–water partition coefficient (Wildman–Crippen LogP) is 2.57. The summed E-state index contributed by atoms with van der Waals surface area (Å²) in [6.45, 7) is 5.84. The van der Waals surface area contributed by atoms with Gasteiger partial charge in [0.2, 0.25) is 0 Å². The van der Waals surface area contributed by atoms with Crippen molar-refractivity contribution < 1.29 is 4.79 Å². The predicted molar refractivity (Wildman–Crippen MR) is 46.3 cm³/mol. The number of carbonyl (C=O) groups excluding carboxylic acids is 1. The van der Waals surface area contributed by atoms with Crippen molar-refractivity contribution in [1.29, 1.82) is 0 Å². The summed E-state index contributed by atoms with van der Waals surface area (Å²) >= 11 is 0. The maximum atomic E-state index is 11.3. The van der Waals surface area contributed by atoms with E-state index in [0.29, 0.717) is 11.7 Å². The lowest BCUT2D eigenvalue weighted by Crippen LogP contribution is -2.25. The molecule has 1 nitrogen and oxygen atoms in total. The van der Waals surface area contributed by atoms with Crippen LogP contribution in [-0.4, -0.2) is 5.78 Å². The van der Waals surface area contributed by atoms with Gasteiger partial charge in [-0.3, -0.25) is 4.79 Å². The summed E-state index contributed by atoms with van der Waals surface area (Å²) in [6, 6.07) is 0. The molecule has 0 aromatic carbocycles. The van der Waals surface area contributed by atoms with Crippen LogP contribution in [0.2, 0.25) is 0 Å². The summed E-state index contributed by atoms with van der Waals surface area (Å²) in [7, 11) is 0. The van der Waals surface area contributed by atoms with E-state index in [9.17, 15) is 4.79 Å². The first kappa shape index (κ1) is 8.51. The van der Waals surface area contributed by atoms with E-state index in [1.54, 1.807) is 0 Å². The fraction of sp³-hybridized carbons (Fsp3) is 0.700. The monoisotopic (exact) mass is 152 g/mol. The Labute approximate surface area is 68.5 Å². The number of Topliss-reactive ketones (excluding diaryl/α,β-unsaturated/α-hetero) is 1. The van der Waals surface area contributed by atoms with Gasteiger partial charge in [0, 0.05) is 12.3 Å². The third kappa shape index (κ3) is 1.92. The second-order valence-corrected chi connectivity index (χ2v) is 3.47. The molecule has 2 atom stereocenters. The minimum Gasteiger partial charge on any atom is -0.299 e. The summed E-state index contributed by atoms with van der Waals surface area (Å²) in [4.78, 5) is 11.3. The minimum absolute atomic E-state index is 0.279. The molecule has 0 unspecified atom stereocenters. The van der Waals surface area contributed by atoms with Crippen LogP contribution in [-0.2, 0) is 4.79 Å². The van der Waals surface area contributed by atoms with Crippen LogP contribution in [0.15, 0.2) is 12.7 Å². The first-order chi connectivity index (χ1) is 5.25. The topological polar surface area (TPSA) is 17.1 Å². The summed E-state index contributed by atoms with van der Waals surface area (Å²) in [5.41, 5.74) is 0. The molecule has 1 aliphatic rings. The van der Waals surface area contributed by atoms with Crippen LogP contribution in [0, 0.1) is 11.8 Å². The normalized spacial score (nSPS) is 31.9. The van der Waals surface area contributed by atoms with Crippen molar-refractivity contribution in [1.82, 2.24) is 0 Å². The molecule has 0 aromatic heterocycles. The molecule has 0 heterocycles. The molecule has 1 saturated carbocycles. The quantitative estimate of drug-likeness (QED) is 0.556. The van der Waals surface area contributed by atoms with Crippen LogP contribution in [0.5, 0.6) is 0 Å². The second-order valence-electron chi connectivity index (χ2n) is 3.47. The van der Waals surface area contributed by atoms with Crippen molar-refractivity contribution in [3.63, 3.8) is 0 Å². The third-order valence-electron chi connectivity index (χ3n) is 2.60. The van der Waals surface area contributed by atoms with Gasteiger partial charge in [0.05, 0.1) is 0 Å². The third-order valence-corrected chi connectivity index (χ3v) is 2.60. The standard InChI is InChI=1S/C10H16O/c1-3-5-9-8(2)6-4-7-10(9)11/h3,8-9H,1,4-7H2,2H3/t8-,9-/m1/s1. The molecule has 0 spiro atoms. The Kier molecular flexibility index (Phi) is 2.86. The van der Waals surface area contributed by atoms with Crippen LogP contribution in [0.25, 0.3) is 0 Å². The van der Waals surface area contributed by atoms with Gasteiger partial charge in [0.25, 0.3) is 0 Å². The minimum atomic E-state index is 0.279. The number of carbonyl (C=O) groups is 1. The summed E-state index contributed by atoms with van der Waals surface area (Å²) in [5, 5.41) is 0. The molecule has 1 rings (SSSR count). The molecule has 0 radical (unpaired) electrons. The SMILES string of the molecule is C=CC[C@H]1C(=O)CCC[C@H]1C. The molecule has 1 heteroatoms. The Hall–Kier alpha value is -0.590. The number of rotatable bonds is 2. The van der Waals surface area contributed by atoms with Gasteiger partial charge < -0.3 is 0 Å². The molecule has 0 aromatic rings. The highest BCUT2D eigenvalue weighted by Crippen LogP contribution is 2.29. The Balaban J connectivity index is 2.54. The lowest BCUT2D eigenvalue weighted by molar-refractivity contribution is -0.126. The number of ketones is 1. The Bertz CT molecular complexity index is 160. The number of allylic oxidation sites excluding steroid dienone is 1. The van der Waals surface area contributed by atoms with Crippen molar-refractivity contribution in [2.24, 2.45) is 11.8 Å². The molecular weight excluding hydrogens is 136 g/mol. The van der Waals surface area contributed by atoms with Gasteiger partial charge in [-0.15, -0.1) is 6.58 Å². The highest BCUT2D eigenvalue weighted by Gasteiger charge is 2.26. The lowest BCUT2D eigenvalue weighted by Gasteiger charge is -2.26. The van der Waals surface area contributed by atoms with Crippen molar-refractivity contribution in [2.45, 2.75) is 32.6 Å². The Morgan fingerprint density at radius 3 is 3.00 bits per heavy atom. The Morgan fingerprint density at radius 2 is 2.45 bits per heavy atom. The van der Waals surface area contributed by atoms with E-state index < -0.39 is 0 Å². The van der Waals surface area contributed by atoms with E-state index in [4.69, 9.17) is 0 Å². The van der Waals surface area contributed by atoms with Crippen LogP contribution >= 0.6 is 0 Å². The first-order valence-electron chi connectivity index (χ1n) is 4.39. The van der Waals surface area contributed by atoms with Gasteiger partial charge in [0.15, 0.2) is 0 Å². The molecule has 0 aliphatic heterocycles. The Morgan fingerprint density at radius 1 is 1.73 bits per heavy atom. The van der Waals surface area contributed by atoms with Crippen molar-refractivity contribution >= 4 is 5.78 Å². The largest absolute Gasteiger partial charge is 0.299 e. The number of hydrogen-bond acceptors (Lipinski definition) is 1. The van der Waals surface area contributed by atoms with Gasteiger partial charge in [0.1, 0.15) is 5.78 Å². The smallest absolute Gasteiger partial charge is 0.136 e. The number of hydrogen-bond donors (Lipinski definition) is 0. The average Bonchev–Trinajstić information content (AvgIpc) is 1.97. The van der Waals surface area contributed by atoms with Crippen molar-refractivity contribution in [3.8, 4) is 0 Å². The fourth-order valence-corrected chi connectivity index (χ4v) is 1.85. The summed E-state index contributed by atoms with van der Waals surface area (Å²) < 4.78 is 0. The molecular formula is C10H16O. The zero-order valence-corrected chi connectivity index (χ0v) is 7.18. The molecule has 62 valence electrons. The average molecular weight is 152 g/mol. The van der Waals surface area contributed by atoms with E-state index in [1.165, 1.54) is 6.42 Å². The molecule has 0 N–H and O–H groups in total. The van der Waals surface area contributed by atoms with E-state index in [0.717, 1.165) is 19.3 Å². The maximum absolute atomic E-state index is 11.3. The van der Waals surface area contributed by atoms with Gasteiger partial charge in [-0.25, -0.2) is 0 Å². The molecule has 0 bridgehead atoms.